The van der Waals surface area contributed by atoms with Crippen molar-refractivity contribution >= 4 is 5.71 Å². The highest BCUT2D eigenvalue weighted by Gasteiger charge is 2.37. The molecule has 1 N–H and O–H groups in total. The smallest absolute Gasteiger partial charge is 0.0385 e. The number of hydrogen-bond acceptors (Lipinski definition) is 2. The number of aliphatic imine (C=N–C) groups is 1. The molecule has 0 aromatic carbocycles. The molecule has 2 rings (SSSR count). The topological polar surface area (TPSA) is 24.4 Å². The van der Waals surface area contributed by atoms with Crippen molar-refractivity contribution in [2.45, 2.75) is 98.3 Å². The Morgan fingerprint density at radius 3 is 2.46 bits per heavy atom. The molecule has 158 valence electrons. The van der Waals surface area contributed by atoms with Gasteiger partial charge in [0.1, 0.15) is 0 Å². The van der Waals surface area contributed by atoms with Crippen LogP contribution >= 0.6 is 0 Å². The van der Waals surface area contributed by atoms with Gasteiger partial charge in [0.25, 0.3) is 0 Å². The van der Waals surface area contributed by atoms with E-state index < -0.39 is 0 Å². The van der Waals surface area contributed by atoms with Crippen LogP contribution in [0.5, 0.6) is 0 Å². The number of rotatable bonds is 8. The maximum atomic E-state index is 4.83. The maximum Gasteiger partial charge on any atom is 0.0385 e. The summed E-state index contributed by atoms with van der Waals surface area (Å²) in [5, 5.41) is 3.66. The highest BCUT2D eigenvalue weighted by atomic mass is 14.9. The van der Waals surface area contributed by atoms with Crippen LogP contribution in [0, 0.1) is 10.8 Å². The first kappa shape index (κ1) is 23.0. The Kier molecular flexibility index (Phi) is 8.16. The Bertz CT molecular complexity index is 627. The van der Waals surface area contributed by atoms with Crippen molar-refractivity contribution in [2.24, 2.45) is 15.8 Å². The lowest BCUT2D eigenvalue weighted by Gasteiger charge is -2.38. The highest BCUT2D eigenvalue weighted by Crippen LogP contribution is 2.45. The van der Waals surface area contributed by atoms with Crippen molar-refractivity contribution < 1.29 is 0 Å². The van der Waals surface area contributed by atoms with Gasteiger partial charge < -0.3 is 5.32 Å². The fourth-order valence-corrected chi connectivity index (χ4v) is 5.01. The minimum atomic E-state index is 0.236. The summed E-state index contributed by atoms with van der Waals surface area (Å²) in [7, 11) is 1.98. The molecular formula is C26H44N2. The third-order valence-electron chi connectivity index (χ3n) is 7.07. The molecule has 1 fully saturated rings. The second kappa shape index (κ2) is 9.94. The molecule has 28 heavy (non-hydrogen) atoms. The monoisotopic (exact) mass is 384 g/mol. The SMILES string of the molecule is C=C(CCC)CCC(C)(C)CC(=NC)C1=C(C)C(=C)NCC2(CCCCC2)C1. The third kappa shape index (κ3) is 6.09. The van der Waals surface area contributed by atoms with E-state index in [1.54, 1.807) is 0 Å². The maximum absolute atomic E-state index is 4.83. The summed E-state index contributed by atoms with van der Waals surface area (Å²) in [4.78, 5) is 4.83. The van der Waals surface area contributed by atoms with Gasteiger partial charge in [-0.25, -0.2) is 0 Å². The van der Waals surface area contributed by atoms with Gasteiger partial charge in [0.2, 0.25) is 0 Å². The molecular weight excluding hydrogens is 340 g/mol. The molecule has 0 saturated heterocycles. The molecule has 0 radical (unpaired) electrons. The summed E-state index contributed by atoms with van der Waals surface area (Å²) in [6.45, 7) is 19.0. The first-order valence-corrected chi connectivity index (χ1v) is 11.5. The van der Waals surface area contributed by atoms with Crippen LogP contribution in [0.15, 0.2) is 40.6 Å². The van der Waals surface area contributed by atoms with E-state index in [2.05, 4.69) is 46.2 Å². The molecule has 0 amide bonds. The van der Waals surface area contributed by atoms with E-state index in [0.717, 1.165) is 37.9 Å². The Labute approximate surface area is 174 Å². The molecule has 1 spiro atoms. The van der Waals surface area contributed by atoms with Crippen LogP contribution < -0.4 is 5.32 Å². The van der Waals surface area contributed by atoms with Gasteiger partial charge in [-0.1, -0.05) is 65.2 Å². The Morgan fingerprint density at radius 1 is 1.18 bits per heavy atom. The van der Waals surface area contributed by atoms with E-state index in [-0.39, 0.29) is 5.41 Å². The molecule has 1 saturated carbocycles. The Balaban J connectivity index is 2.18. The molecule has 0 atom stereocenters. The molecule has 1 aliphatic heterocycles. The van der Waals surface area contributed by atoms with Crippen molar-refractivity contribution in [3.8, 4) is 0 Å². The first-order valence-electron chi connectivity index (χ1n) is 11.5. The van der Waals surface area contributed by atoms with Crippen LogP contribution in [0.4, 0.5) is 0 Å². The molecule has 0 aromatic rings. The molecule has 0 aromatic heterocycles. The van der Waals surface area contributed by atoms with E-state index in [1.807, 2.05) is 7.05 Å². The average Bonchev–Trinajstić information content (AvgIpc) is 2.78. The summed E-state index contributed by atoms with van der Waals surface area (Å²) in [6, 6.07) is 0. The largest absolute Gasteiger partial charge is 0.385 e. The molecule has 2 nitrogen and oxygen atoms in total. The van der Waals surface area contributed by atoms with Gasteiger partial charge in [0, 0.05) is 25.0 Å². The summed E-state index contributed by atoms with van der Waals surface area (Å²) in [6.07, 6.45) is 13.7. The predicted molar refractivity (Wildman–Crippen MR) is 125 cm³/mol. The van der Waals surface area contributed by atoms with Crippen molar-refractivity contribution in [1.82, 2.24) is 5.32 Å². The highest BCUT2D eigenvalue weighted by molar-refractivity contribution is 6.01. The summed E-state index contributed by atoms with van der Waals surface area (Å²) < 4.78 is 0. The fourth-order valence-electron chi connectivity index (χ4n) is 5.01. The number of allylic oxidation sites excluding steroid dienone is 3. The van der Waals surface area contributed by atoms with Crippen LogP contribution in [0.3, 0.4) is 0 Å². The average molecular weight is 385 g/mol. The molecule has 0 bridgehead atoms. The van der Waals surface area contributed by atoms with Gasteiger partial charge in [-0.05, 0) is 73.8 Å². The lowest BCUT2D eigenvalue weighted by Crippen LogP contribution is -2.35. The van der Waals surface area contributed by atoms with Gasteiger partial charge >= 0.3 is 0 Å². The quantitative estimate of drug-likeness (QED) is 0.342. The lowest BCUT2D eigenvalue weighted by molar-refractivity contribution is 0.190. The van der Waals surface area contributed by atoms with Gasteiger partial charge in [0.15, 0.2) is 0 Å². The molecule has 1 aliphatic carbocycles. The van der Waals surface area contributed by atoms with Gasteiger partial charge in [-0.2, -0.15) is 0 Å². The lowest BCUT2D eigenvalue weighted by atomic mass is 9.68. The van der Waals surface area contributed by atoms with Crippen molar-refractivity contribution in [1.29, 1.82) is 0 Å². The summed E-state index contributed by atoms with van der Waals surface area (Å²) >= 11 is 0. The second-order valence-electron chi connectivity index (χ2n) is 10.2. The normalized spacial score (nSPS) is 20.9. The van der Waals surface area contributed by atoms with Crippen LogP contribution in [0.1, 0.15) is 98.3 Å². The number of nitrogens with zero attached hydrogens (tertiary/aromatic N) is 1. The Morgan fingerprint density at radius 2 is 1.86 bits per heavy atom. The standard InChI is InChI=1S/C26H44N2/c1-8-12-20(2)13-16-25(5,6)18-24(27-7)23-17-26(14-10-9-11-15-26)19-28-22(4)21(23)3/h28H,2,4,8-19H2,1,3,5-7H3. The van der Waals surface area contributed by atoms with Gasteiger partial charge in [0.05, 0.1) is 0 Å². The Hall–Kier alpha value is -1.31. The zero-order chi connectivity index (χ0) is 20.8. The van der Waals surface area contributed by atoms with Crippen LogP contribution in [0.2, 0.25) is 0 Å². The molecule has 2 aliphatic rings. The van der Waals surface area contributed by atoms with E-state index in [4.69, 9.17) is 4.99 Å². The minimum Gasteiger partial charge on any atom is -0.385 e. The zero-order valence-electron chi connectivity index (χ0n) is 19.3. The minimum absolute atomic E-state index is 0.236. The van der Waals surface area contributed by atoms with Gasteiger partial charge in [-0.3, -0.25) is 4.99 Å². The van der Waals surface area contributed by atoms with Crippen LogP contribution in [0.25, 0.3) is 0 Å². The van der Waals surface area contributed by atoms with E-state index >= 15 is 0 Å². The van der Waals surface area contributed by atoms with Crippen LogP contribution in [-0.4, -0.2) is 19.3 Å². The molecule has 0 unspecified atom stereocenters. The second-order valence-corrected chi connectivity index (χ2v) is 10.2. The van der Waals surface area contributed by atoms with Crippen molar-refractivity contribution in [3.63, 3.8) is 0 Å². The summed E-state index contributed by atoms with van der Waals surface area (Å²) in [5.74, 6) is 0. The molecule has 1 heterocycles. The number of hydrogen-bond donors (Lipinski definition) is 1. The van der Waals surface area contributed by atoms with E-state index in [1.165, 1.54) is 67.4 Å². The number of nitrogens with one attached hydrogen (secondary N) is 1. The van der Waals surface area contributed by atoms with E-state index in [9.17, 15) is 0 Å². The zero-order valence-corrected chi connectivity index (χ0v) is 19.3. The van der Waals surface area contributed by atoms with Crippen LogP contribution in [-0.2, 0) is 0 Å². The molecule has 2 heteroatoms. The summed E-state index contributed by atoms with van der Waals surface area (Å²) in [5.41, 5.74) is 7.23. The van der Waals surface area contributed by atoms with E-state index in [0.29, 0.717) is 5.41 Å². The van der Waals surface area contributed by atoms with Crippen molar-refractivity contribution in [2.75, 3.05) is 13.6 Å². The van der Waals surface area contributed by atoms with Gasteiger partial charge in [-0.15, -0.1) is 0 Å². The first-order chi connectivity index (χ1) is 13.2. The fraction of sp³-hybridized carbons (Fsp3) is 0.731. The van der Waals surface area contributed by atoms with Crippen molar-refractivity contribution in [3.05, 3.63) is 35.6 Å². The predicted octanol–water partition coefficient (Wildman–Crippen LogP) is 7.38. The third-order valence-corrected chi connectivity index (χ3v) is 7.07.